The first kappa shape index (κ1) is 32.5. The van der Waals surface area contributed by atoms with Crippen molar-refractivity contribution >= 4 is 50.9 Å². The van der Waals surface area contributed by atoms with Crippen LogP contribution in [0.25, 0.3) is 6.08 Å². The van der Waals surface area contributed by atoms with Gasteiger partial charge in [0.25, 0.3) is 5.56 Å². The Balaban J connectivity index is 1.55. The third-order valence-corrected chi connectivity index (χ3v) is 8.95. The van der Waals surface area contributed by atoms with Crippen LogP contribution in [-0.4, -0.2) is 30.4 Å². The van der Waals surface area contributed by atoms with Gasteiger partial charge in [0, 0.05) is 10.6 Å². The molecule has 0 radical (unpaired) electrons. The number of esters is 1. The van der Waals surface area contributed by atoms with Crippen LogP contribution in [0.5, 0.6) is 17.2 Å². The summed E-state index contributed by atoms with van der Waals surface area (Å²) < 4.78 is 25.7. The minimum atomic E-state index is -0.781. The largest absolute Gasteiger partial charge is 0.493 e. The predicted octanol–water partition coefficient (Wildman–Crippen LogP) is 6.59. The van der Waals surface area contributed by atoms with Crippen molar-refractivity contribution in [1.82, 2.24) is 4.57 Å². The van der Waals surface area contributed by atoms with Crippen LogP contribution in [0.1, 0.15) is 50.4 Å². The number of methoxy groups -OCH3 is 1. The zero-order chi connectivity index (χ0) is 32.2. The molecule has 0 unspecified atom stereocenters. The van der Waals surface area contributed by atoms with Gasteiger partial charge in [-0.3, -0.25) is 9.36 Å². The van der Waals surface area contributed by atoms with E-state index in [2.05, 4.69) is 20.9 Å². The van der Waals surface area contributed by atoms with Gasteiger partial charge in [-0.05, 0) is 91.2 Å². The predicted molar refractivity (Wildman–Crippen MR) is 179 cm³/mol. The maximum Gasteiger partial charge on any atom is 0.338 e. The molecule has 0 saturated carbocycles. The smallest absolute Gasteiger partial charge is 0.338 e. The third-order valence-electron chi connectivity index (χ3n) is 6.98. The summed E-state index contributed by atoms with van der Waals surface area (Å²) >= 11 is 11.1. The van der Waals surface area contributed by atoms with Crippen LogP contribution < -0.4 is 29.1 Å². The SMILES string of the molecule is CCOC(=O)C1=C(C)N=c2s/c(=C\c3ccc(OCc4ccccc4Cl)c(Br)c3)c(=O)n2[C@@H]1c1ccc(OC(C)C)c(OC)c1. The average molecular weight is 712 g/mol. The first-order valence-electron chi connectivity index (χ1n) is 14.3. The number of aromatic nitrogens is 1. The molecule has 45 heavy (non-hydrogen) atoms. The molecule has 0 bridgehead atoms. The molecule has 234 valence electrons. The number of carbonyl (C=O) groups is 1. The van der Waals surface area contributed by atoms with Gasteiger partial charge in [-0.15, -0.1) is 0 Å². The third kappa shape index (κ3) is 7.03. The minimum absolute atomic E-state index is 0.0670. The highest BCUT2D eigenvalue weighted by Crippen LogP contribution is 2.36. The number of thiazole rings is 1. The van der Waals surface area contributed by atoms with E-state index in [4.69, 9.17) is 30.5 Å². The average Bonchev–Trinajstić information content (AvgIpc) is 3.30. The van der Waals surface area contributed by atoms with Crippen molar-refractivity contribution in [2.45, 2.75) is 46.4 Å². The number of allylic oxidation sites excluding steroid dienone is 1. The molecule has 1 atom stereocenters. The van der Waals surface area contributed by atoms with Gasteiger partial charge in [0.15, 0.2) is 16.3 Å². The molecule has 0 spiro atoms. The highest BCUT2D eigenvalue weighted by Gasteiger charge is 2.34. The Kier molecular flexibility index (Phi) is 10.2. The van der Waals surface area contributed by atoms with E-state index in [1.165, 1.54) is 11.3 Å². The van der Waals surface area contributed by atoms with Crippen LogP contribution in [0.15, 0.2) is 86.2 Å². The monoisotopic (exact) mass is 710 g/mol. The summed E-state index contributed by atoms with van der Waals surface area (Å²) in [5.74, 6) is 1.16. The second kappa shape index (κ2) is 14.1. The lowest BCUT2D eigenvalue weighted by Crippen LogP contribution is -2.40. The van der Waals surface area contributed by atoms with Crippen LogP contribution in [0.4, 0.5) is 0 Å². The molecule has 0 N–H and O–H groups in total. The van der Waals surface area contributed by atoms with Gasteiger partial charge in [0.05, 0.1) is 46.1 Å². The Morgan fingerprint density at radius 2 is 1.87 bits per heavy atom. The van der Waals surface area contributed by atoms with Crippen molar-refractivity contribution < 1.29 is 23.7 Å². The summed E-state index contributed by atoms with van der Waals surface area (Å²) in [7, 11) is 1.55. The van der Waals surface area contributed by atoms with Crippen molar-refractivity contribution in [3.05, 3.63) is 118 Å². The van der Waals surface area contributed by atoms with Gasteiger partial charge in [-0.2, -0.15) is 0 Å². The number of benzene rings is 3. The normalized spacial score (nSPS) is 14.7. The van der Waals surface area contributed by atoms with Gasteiger partial charge in [-0.1, -0.05) is 53.3 Å². The molecule has 1 aliphatic heterocycles. The van der Waals surface area contributed by atoms with Gasteiger partial charge in [0.2, 0.25) is 0 Å². The Morgan fingerprint density at radius 1 is 1.11 bits per heavy atom. The number of rotatable bonds is 10. The molecule has 1 aromatic heterocycles. The van der Waals surface area contributed by atoms with Crippen molar-refractivity contribution in [1.29, 1.82) is 0 Å². The Labute approximate surface area is 278 Å². The molecule has 11 heteroatoms. The Hall–Kier alpha value is -3.86. The summed E-state index contributed by atoms with van der Waals surface area (Å²) in [5.41, 5.74) is 2.81. The second-order valence-corrected chi connectivity index (χ2v) is 12.7. The Bertz CT molecular complexity index is 1970. The Morgan fingerprint density at radius 3 is 2.56 bits per heavy atom. The molecule has 1 aliphatic rings. The number of carbonyl (C=O) groups excluding carboxylic acids is 1. The summed E-state index contributed by atoms with van der Waals surface area (Å²) in [6, 6.07) is 17.7. The molecule has 2 heterocycles. The maximum absolute atomic E-state index is 14.0. The number of hydrogen-bond acceptors (Lipinski definition) is 8. The topological polar surface area (TPSA) is 88.4 Å². The van der Waals surface area contributed by atoms with Gasteiger partial charge in [0.1, 0.15) is 12.4 Å². The number of hydrogen-bond donors (Lipinski definition) is 0. The van der Waals surface area contributed by atoms with Gasteiger partial charge < -0.3 is 18.9 Å². The van der Waals surface area contributed by atoms with Crippen molar-refractivity contribution in [3.63, 3.8) is 0 Å². The van der Waals surface area contributed by atoms with E-state index in [0.717, 1.165) is 15.6 Å². The standard InChI is InChI=1S/C34H32BrClN2O6S/c1-6-42-33(40)30-20(4)37-34-38(31(30)22-12-14-27(44-19(2)3)28(17-22)41-5)32(39)29(45-34)16-21-11-13-26(24(35)15-21)43-18-23-9-7-8-10-25(23)36/h7-17,19,31H,6,18H2,1-5H3/b29-16-/t31-/m1/s1. The molecule has 5 rings (SSSR count). The van der Waals surface area contributed by atoms with E-state index in [9.17, 15) is 9.59 Å². The fourth-order valence-electron chi connectivity index (χ4n) is 4.96. The molecule has 0 aliphatic carbocycles. The van der Waals surface area contributed by atoms with Crippen molar-refractivity contribution in [2.24, 2.45) is 4.99 Å². The minimum Gasteiger partial charge on any atom is -0.493 e. The molecule has 0 saturated heterocycles. The highest BCUT2D eigenvalue weighted by atomic mass is 79.9. The van der Waals surface area contributed by atoms with E-state index in [1.807, 2.05) is 62.4 Å². The molecule has 3 aromatic carbocycles. The number of halogens is 2. The van der Waals surface area contributed by atoms with E-state index in [1.54, 1.807) is 43.7 Å². The summed E-state index contributed by atoms with van der Waals surface area (Å²) in [6.07, 6.45) is 1.73. The number of ether oxygens (including phenoxy) is 4. The van der Waals surface area contributed by atoms with Crippen molar-refractivity contribution in [2.75, 3.05) is 13.7 Å². The lowest BCUT2D eigenvalue weighted by atomic mass is 9.95. The molecule has 4 aromatic rings. The van der Waals surface area contributed by atoms with Gasteiger partial charge >= 0.3 is 5.97 Å². The van der Waals surface area contributed by atoms with Crippen LogP contribution in [-0.2, 0) is 16.1 Å². The number of fused-ring (bicyclic) bond motifs is 1. The molecular formula is C34H32BrClN2O6S. The first-order valence-corrected chi connectivity index (χ1v) is 16.3. The van der Waals surface area contributed by atoms with Crippen molar-refractivity contribution in [3.8, 4) is 17.2 Å². The molecular weight excluding hydrogens is 680 g/mol. The summed E-state index contributed by atoms with van der Waals surface area (Å²) in [5, 5.41) is 0.638. The van der Waals surface area contributed by atoms with E-state index < -0.39 is 12.0 Å². The highest BCUT2D eigenvalue weighted by molar-refractivity contribution is 9.10. The molecule has 8 nitrogen and oxygen atoms in total. The zero-order valence-corrected chi connectivity index (χ0v) is 28.6. The summed E-state index contributed by atoms with van der Waals surface area (Å²) in [6.45, 7) is 7.84. The van der Waals surface area contributed by atoms with Crippen LogP contribution in [0, 0.1) is 0 Å². The van der Waals surface area contributed by atoms with Crippen LogP contribution in [0.2, 0.25) is 5.02 Å². The summed E-state index contributed by atoms with van der Waals surface area (Å²) in [4.78, 5) is 32.5. The van der Waals surface area contributed by atoms with E-state index in [-0.39, 0.29) is 23.8 Å². The van der Waals surface area contributed by atoms with E-state index in [0.29, 0.717) is 49.5 Å². The van der Waals surface area contributed by atoms with Gasteiger partial charge in [-0.25, -0.2) is 9.79 Å². The lowest BCUT2D eigenvalue weighted by molar-refractivity contribution is -0.139. The second-order valence-electron chi connectivity index (χ2n) is 10.4. The van der Waals surface area contributed by atoms with Crippen LogP contribution >= 0.6 is 38.9 Å². The molecule has 0 fully saturated rings. The number of nitrogens with zero attached hydrogens (tertiary/aromatic N) is 2. The van der Waals surface area contributed by atoms with Crippen LogP contribution in [0.3, 0.4) is 0 Å². The first-order chi connectivity index (χ1) is 21.6. The quantitative estimate of drug-likeness (QED) is 0.173. The molecule has 0 amide bonds. The lowest BCUT2D eigenvalue weighted by Gasteiger charge is -2.25. The fraction of sp³-hybridized carbons (Fsp3) is 0.265. The van der Waals surface area contributed by atoms with E-state index >= 15 is 0 Å². The fourth-order valence-corrected chi connectivity index (χ4v) is 6.71. The maximum atomic E-state index is 14.0. The zero-order valence-electron chi connectivity index (χ0n) is 25.4.